The third kappa shape index (κ3) is 3.41. The van der Waals surface area contributed by atoms with E-state index in [0.29, 0.717) is 30.0 Å². The number of rotatable bonds is 7. The zero-order valence-corrected chi connectivity index (χ0v) is 13.9. The molecule has 0 aromatic carbocycles. The molecule has 0 aliphatic carbocycles. The molecule has 0 aliphatic rings. The van der Waals surface area contributed by atoms with Crippen molar-refractivity contribution >= 4 is 17.7 Å². The Labute approximate surface area is 132 Å². The molecule has 0 unspecified atom stereocenters. The molecular formula is C13H19N5O3S. The summed E-state index contributed by atoms with van der Waals surface area (Å²) < 4.78 is 13.8. The lowest BCUT2D eigenvalue weighted by molar-refractivity contribution is -0.139. The summed E-state index contributed by atoms with van der Waals surface area (Å²) in [5, 5.41) is 13.2. The molecule has 0 atom stereocenters. The van der Waals surface area contributed by atoms with Crippen LogP contribution in [0, 0.1) is 0 Å². The van der Waals surface area contributed by atoms with Crippen molar-refractivity contribution in [3.05, 3.63) is 6.20 Å². The summed E-state index contributed by atoms with van der Waals surface area (Å²) in [5.41, 5.74) is 0.766. The number of aromatic nitrogens is 5. The van der Waals surface area contributed by atoms with Gasteiger partial charge in [-0.15, -0.1) is 15.3 Å². The molecule has 2 aromatic heterocycles. The molecule has 120 valence electrons. The summed E-state index contributed by atoms with van der Waals surface area (Å²) >= 11 is 1.30. The van der Waals surface area contributed by atoms with Crippen LogP contribution >= 0.6 is 11.8 Å². The number of aryl methyl sites for hydroxylation is 1. The number of thioether (sulfide) groups is 1. The average molecular weight is 325 g/mol. The van der Waals surface area contributed by atoms with Crippen molar-refractivity contribution in [1.29, 1.82) is 0 Å². The van der Waals surface area contributed by atoms with E-state index >= 15 is 0 Å². The number of carbonyl (C=O) groups is 1. The van der Waals surface area contributed by atoms with Crippen LogP contribution in [-0.4, -0.2) is 50.0 Å². The molecule has 0 amide bonds. The highest BCUT2D eigenvalue weighted by atomic mass is 32.2. The summed E-state index contributed by atoms with van der Waals surface area (Å²) in [4.78, 5) is 11.5. The Balaban J connectivity index is 2.25. The van der Waals surface area contributed by atoms with Crippen molar-refractivity contribution in [1.82, 2.24) is 24.5 Å². The van der Waals surface area contributed by atoms with Gasteiger partial charge in [-0.2, -0.15) is 0 Å². The number of hydrogen-bond donors (Lipinski definition) is 0. The summed E-state index contributed by atoms with van der Waals surface area (Å²) in [6.45, 7) is 4.82. The molecule has 0 spiro atoms. The van der Waals surface area contributed by atoms with E-state index in [-0.39, 0.29) is 11.7 Å². The molecule has 0 radical (unpaired) electrons. The molecule has 2 heterocycles. The second-order valence-corrected chi connectivity index (χ2v) is 5.31. The van der Waals surface area contributed by atoms with Gasteiger partial charge in [0.05, 0.1) is 19.5 Å². The maximum absolute atomic E-state index is 11.5. The molecule has 2 rings (SSSR count). The Bertz CT molecular complexity index is 652. The minimum Gasteiger partial charge on any atom is -0.479 e. The first-order valence-electron chi connectivity index (χ1n) is 6.90. The van der Waals surface area contributed by atoms with Gasteiger partial charge < -0.3 is 14.0 Å². The Morgan fingerprint density at radius 3 is 2.77 bits per heavy atom. The monoisotopic (exact) mass is 325 g/mol. The van der Waals surface area contributed by atoms with Crippen LogP contribution in [0.15, 0.2) is 11.4 Å². The minimum atomic E-state index is -0.265. The lowest BCUT2D eigenvalue weighted by atomic mass is 10.3. The molecule has 0 bridgehead atoms. The van der Waals surface area contributed by atoms with Gasteiger partial charge in [0.25, 0.3) is 0 Å². The van der Waals surface area contributed by atoms with Crippen LogP contribution < -0.4 is 4.74 Å². The highest BCUT2D eigenvalue weighted by Gasteiger charge is 2.20. The first-order valence-corrected chi connectivity index (χ1v) is 7.88. The van der Waals surface area contributed by atoms with E-state index < -0.39 is 0 Å². The van der Waals surface area contributed by atoms with Crippen molar-refractivity contribution in [3.63, 3.8) is 0 Å². The predicted molar refractivity (Wildman–Crippen MR) is 81.8 cm³/mol. The van der Waals surface area contributed by atoms with Crippen LogP contribution in [0.4, 0.5) is 0 Å². The van der Waals surface area contributed by atoms with Crippen LogP contribution in [0.3, 0.4) is 0 Å². The molecule has 2 aromatic rings. The molecular weight excluding hydrogens is 306 g/mol. The topological polar surface area (TPSA) is 84.1 Å². The number of esters is 1. The number of methoxy groups -OCH3 is 1. The highest BCUT2D eigenvalue weighted by Crippen LogP contribution is 2.29. The van der Waals surface area contributed by atoms with Crippen LogP contribution in [0.25, 0.3) is 11.4 Å². The van der Waals surface area contributed by atoms with Crippen molar-refractivity contribution in [2.75, 3.05) is 19.5 Å². The molecule has 0 fully saturated rings. The van der Waals surface area contributed by atoms with Crippen molar-refractivity contribution in [2.24, 2.45) is 7.05 Å². The predicted octanol–water partition coefficient (Wildman–Crippen LogP) is 1.36. The molecule has 0 aliphatic heterocycles. The Kier molecular flexibility index (Phi) is 5.42. The second-order valence-electron chi connectivity index (χ2n) is 4.37. The zero-order valence-electron chi connectivity index (χ0n) is 13.1. The van der Waals surface area contributed by atoms with Gasteiger partial charge in [-0.25, -0.2) is 0 Å². The second kappa shape index (κ2) is 7.30. The third-order valence-electron chi connectivity index (χ3n) is 2.89. The van der Waals surface area contributed by atoms with E-state index in [9.17, 15) is 4.79 Å². The van der Waals surface area contributed by atoms with E-state index in [1.807, 2.05) is 24.7 Å². The van der Waals surface area contributed by atoms with Gasteiger partial charge in [-0.3, -0.25) is 9.48 Å². The van der Waals surface area contributed by atoms with E-state index in [1.165, 1.54) is 11.8 Å². The van der Waals surface area contributed by atoms with Crippen molar-refractivity contribution in [3.8, 4) is 17.3 Å². The van der Waals surface area contributed by atoms with Crippen LogP contribution in [-0.2, 0) is 23.1 Å². The third-order valence-corrected chi connectivity index (χ3v) is 3.83. The van der Waals surface area contributed by atoms with Gasteiger partial charge in [0.1, 0.15) is 5.56 Å². The first-order chi connectivity index (χ1) is 10.6. The molecule has 8 nitrogen and oxygen atoms in total. The van der Waals surface area contributed by atoms with E-state index in [4.69, 9.17) is 9.47 Å². The van der Waals surface area contributed by atoms with Gasteiger partial charge >= 0.3 is 5.97 Å². The van der Waals surface area contributed by atoms with Crippen LogP contribution in [0.5, 0.6) is 5.88 Å². The number of ether oxygens (including phenoxy) is 2. The quantitative estimate of drug-likeness (QED) is 0.561. The minimum absolute atomic E-state index is 0.205. The van der Waals surface area contributed by atoms with E-state index in [1.54, 1.807) is 18.7 Å². The molecule has 9 heteroatoms. The van der Waals surface area contributed by atoms with Gasteiger partial charge in [0.2, 0.25) is 5.88 Å². The fourth-order valence-electron chi connectivity index (χ4n) is 1.98. The zero-order chi connectivity index (χ0) is 16.1. The lowest BCUT2D eigenvalue weighted by Gasteiger charge is -2.06. The highest BCUT2D eigenvalue weighted by molar-refractivity contribution is 7.99. The number of hydrogen-bond acceptors (Lipinski definition) is 7. The lowest BCUT2D eigenvalue weighted by Crippen LogP contribution is -2.08. The Hall–Kier alpha value is -2.03. The standard InChI is InChI=1S/C13H19N5O3S/c1-5-18-11(9-7-17(3)16-12(9)20-4)14-15-13(18)22-8-10(19)21-6-2/h7H,5-6,8H2,1-4H3. The summed E-state index contributed by atoms with van der Waals surface area (Å²) in [6.07, 6.45) is 1.83. The molecule has 0 saturated carbocycles. The van der Waals surface area contributed by atoms with E-state index in [0.717, 1.165) is 5.56 Å². The van der Waals surface area contributed by atoms with Crippen LogP contribution in [0.2, 0.25) is 0 Å². The largest absolute Gasteiger partial charge is 0.479 e. The molecule has 0 N–H and O–H groups in total. The van der Waals surface area contributed by atoms with Crippen LogP contribution in [0.1, 0.15) is 13.8 Å². The Morgan fingerprint density at radius 2 is 2.14 bits per heavy atom. The van der Waals surface area contributed by atoms with Gasteiger partial charge in [-0.1, -0.05) is 11.8 Å². The van der Waals surface area contributed by atoms with Gasteiger partial charge in [0, 0.05) is 19.8 Å². The van der Waals surface area contributed by atoms with Crippen molar-refractivity contribution in [2.45, 2.75) is 25.5 Å². The average Bonchev–Trinajstić information content (AvgIpc) is 3.07. The molecule has 22 heavy (non-hydrogen) atoms. The van der Waals surface area contributed by atoms with Gasteiger partial charge in [-0.05, 0) is 13.8 Å². The van der Waals surface area contributed by atoms with E-state index in [2.05, 4.69) is 15.3 Å². The molecule has 0 saturated heterocycles. The fraction of sp³-hybridized carbons (Fsp3) is 0.538. The smallest absolute Gasteiger partial charge is 0.316 e. The Morgan fingerprint density at radius 1 is 1.36 bits per heavy atom. The summed E-state index contributed by atoms with van der Waals surface area (Å²) in [6, 6.07) is 0. The normalized spacial score (nSPS) is 10.7. The number of carbonyl (C=O) groups excluding carboxylic acids is 1. The SMILES string of the molecule is CCOC(=O)CSc1nnc(-c2cn(C)nc2OC)n1CC. The first kappa shape index (κ1) is 16.3. The fourth-order valence-corrected chi connectivity index (χ4v) is 2.78. The summed E-state index contributed by atoms with van der Waals surface area (Å²) in [7, 11) is 3.38. The number of nitrogens with zero attached hydrogens (tertiary/aromatic N) is 5. The maximum atomic E-state index is 11.5. The maximum Gasteiger partial charge on any atom is 0.316 e. The van der Waals surface area contributed by atoms with Gasteiger partial charge in [0.15, 0.2) is 11.0 Å². The summed E-state index contributed by atoms with van der Waals surface area (Å²) in [5.74, 6) is 1.10. The van der Waals surface area contributed by atoms with Crippen molar-refractivity contribution < 1.29 is 14.3 Å².